The Bertz CT molecular complexity index is 604. The smallest absolute Gasteiger partial charge is 0.328 e. The first-order chi connectivity index (χ1) is 11.3. The van der Waals surface area contributed by atoms with Gasteiger partial charge < -0.3 is 15.4 Å². The molecule has 2 N–H and O–H groups in total. The number of nitrogens with one attached hydrogen (secondary N) is 2. The second-order valence-corrected chi connectivity index (χ2v) is 6.37. The number of hydrogen-bond acceptors (Lipinski definition) is 4. The van der Waals surface area contributed by atoms with Crippen LogP contribution < -0.4 is 10.6 Å². The second-order valence-electron chi connectivity index (χ2n) is 5.25. The molecule has 1 aromatic carbocycles. The van der Waals surface area contributed by atoms with E-state index < -0.39 is 24.0 Å². The molecule has 24 heavy (non-hydrogen) atoms. The summed E-state index contributed by atoms with van der Waals surface area (Å²) in [6, 6.07) is 7.63. The van der Waals surface area contributed by atoms with Crippen LogP contribution in [0.1, 0.15) is 18.9 Å². The third-order valence-electron chi connectivity index (χ3n) is 3.20. The summed E-state index contributed by atoms with van der Waals surface area (Å²) in [7, 11) is 1.24. The van der Waals surface area contributed by atoms with Gasteiger partial charge >= 0.3 is 5.97 Å². The quantitative estimate of drug-likeness (QED) is 0.654. The number of carbonyl (C=O) groups excluding carboxylic acids is 3. The number of rotatable bonds is 8. The predicted octanol–water partition coefficient (Wildman–Crippen LogP) is 1.69. The molecule has 0 aliphatic carbocycles. The summed E-state index contributed by atoms with van der Waals surface area (Å²) in [5.74, 6) is -1.37. The van der Waals surface area contributed by atoms with Crippen LogP contribution in [0.15, 0.2) is 41.4 Å². The van der Waals surface area contributed by atoms with Gasteiger partial charge in [0.05, 0.1) is 7.11 Å². The van der Waals surface area contributed by atoms with Crippen molar-refractivity contribution in [3.8, 4) is 0 Å². The first-order valence-corrected chi connectivity index (χ1v) is 8.15. The van der Waals surface area contributed by atoms with E-state index in [1.54, 1.807) is 0 Å². The Morgan fingerprint density at radius 1 is 1.17 bits per heavy atom. The van der Waals surface area contributed by atoms with Crippen LogP contribution in [0.4, 0.5) is 0 Å². The van der Waals surface area contributed by atoms with E-state index in [4.69, 9.17) is 4.74 Å². The predicted molar refractivity (Wildman–Crippen MR) is 94.4 cm³/mol. The average Bonchev–Trinajstić information content (AvgIpc) is 2.53. The van der Waals surface area contributed by atoms with Gasteiger partial charge in [-0.1, -0.05) is 52.8 Å². The molecule has 0 fully saturated rings. The first kappa shape index (κ1) is 19.9. The SMILES string of the molecule is C=C(Br)C[C@H](NC(=O)[C@H](Cc1ccccc1)NC(C)=O)C(=O)OC. The van der Waals surface area contributed by atoms with E-state index >= 15 is 0 Å². The highest BCUT2D eigenvalue weighted by molar-refractivity contribution is 9.11. The molecule has 130 valence electrons. The van der Waals surface area contributed by atoms with E-state index in [2.05, 4.69) is 33.1 Å². The van der Waals surface area contributed by atoms with E-state index in [0.717, 1.165) is 5.56 Å². The maximum atomic E-state index is 12.5. The van der Waals surface area contributed by atoms with E-state index in [0.29, 0.717) is 10.9 Å². The number of hydrogen-bond donors (Lipinski definition) is 2. The highest BCUT2D eigenvalue weighted by Gasteiger charge is 2.27. The van der Waals surface area contributed by atoms with Gasteiger partial charge in [-0.25, -0.2) is 4.79 Å². The Labute approximate surface area is 149 Å². The molecule has 2 atom stereocenters. The molecule has 0 spiro atoms. The maximum Gasteiger partial charge on any atom is 0.328 e. The van der Waals surface area contributed by atoms with Crippen molar-refractivity contribution >= 4 is 33.7 Å². The van der Waals surface area contributed by atoms with E-state index in [9.17, 15) is 14.4 Å². The molecule has 0 aliphatic rings. The second kappa shape index (κ2) is 9.87. The number of amides is 2. The Morgan fingerprint density at radius 2 is 1.79 bits per heavy atom. The monoisotopic (exact) mass is 396 g/mol. The minimum atomic E-state index is -0.874. The van der Waals surface area contributed by atoms with Gasteiger partial charge in [0.15, 0.2) is 0 Å². The van der Waals surface area contributed by atoms with Crippen LogP contribution in [-0.2, 0) is 25.5 Å². The van der Waals surface area contributed by atoms with Crippen molar-refractivity contribution in [1.82, 2.24) is 10.6 Å². The lowest BCUT2D eigenvalue weighted by Crippen LogP contribution is -2.52. The summed E-state index contributed by atoms with van der Waals surface area (Å²) in [6.07, 6.45) is 0.506. The van der Waals surface area contributed by atoms with Crippen molar-refractivity contribution in [3.05, 3.63) is 47.0 Å². The minimum Gasteiger partial charge on any atom is -0.467 e. The van der Waals surface area contributed by atoms with Gasteiger partial charge in [0.1, 0.15) is 12.1 Å². The molecule has 0 saturated heterocycles. The normalized spacial score (nSPS) is 12.6. The van der Waals surface area contributed by atoms with Crippen molar-refractivity contribution in [2.75, 3.05) is 7.11 Å². The van der Waals surface area contributed by atoms with Crippen LogP contribution in [0.2, 0.25) is 0 Å². The Balaban J connectivity index is 2.87. The topological polar surface area (TPSA) is 84.5 Å². The van der Waals surface area contributed by atoms with Gasteiger partial charge in [0, 0.05) is 19.8 Å². The molecular weight excluding hydrogens is 376 g/mol. The summed E-state index contributed by atoms with van der Waals surface area (Å²) in [5.41, 5.74) is 0.894. The number of ether oxygens (including phenoxy) is 1. The molecule has 6 nitrogen and oxygen atoms in total. The molecule has 0 unspecified atom stereocenters. The summed E-state index contributed by atoms with van der Waals surface area (Å²) in [4.78, 5) is 35.7. The fourth-order valence-electron chi connectivity index (χ4n) is 2.13. The molecule has 0 aliphatic heterocycles. The van der Waals surface area contributed by atoms with E-state index in [1.165, 1.54) is 14.0 Å². The number of esters is 1. The summed E-state index contributed by atoms with van der Waals surface area (Å²) in [6.45, 7) is 5.00. The van der Waals surface area contributed by atoms with E-state index in [1.807, 2.05) is 30.3 Å². The lowest BCUT2D eigenvalue weighted by atomic mass is 10.0. The number of halogens is 1. The minimum absolute atomic E-state index is 0.191. The van der Waals surface area contributed by atoms with Crippen LogP contribution in [0, 0.1) is 0 Å². The Morgan fingerprint density at radius 3 is 2.29 bits per heavy atom. The zero-order chi connectivity index (χ0) is 18.1. The third-order valence-corrected chi connectivity index (χ3v) is 3.53. The van der Waals surface area contributed by atoms with Crippen molar-refractivity contribution in [2.45, 2.75) is 31.8 Å². The van der Waals surface area contributed by atoms with Crippen molar-refractivity contribution in [3.63, 3.8) is 0 Å². The molecule has 0 heterocycles. The number of carbonyl (C=O) groups is 3. The standard InChI is InChI=1S/C17H21BrN2O4/c1-11(18)9-15(17(23)24-3)20-16(22)14(19-12(2)21)10-13-7-5-4-6-8-13/h4-8,14-15H,1,9-10H2,2-3H3,(H,19,21)(H,20,22)/t14-,15-/m0/s1. The lowest BCUT2D eigenvalue weighted by Gasteiger charge is -2.22. The highest BCUT2D eigenvalue weighted by Crippen LogP contribution is 2.12. The largest absolute Gasteiger partial charge is 0.467 e. The van der Waals surface area contributed by atoms with Gasteiger partial charge in [0.25, 0.3) is 0 Å². The zero-order valence-corrected chi connectivity index (χ0v) is 15.3. The van der Waals surface area contributed by atoms with Gasteiger partial charge in [-0.3, -0.25) is 9.59 Å². The molecule has 1 rings (SSSR count). The van der Waals surface area contributed by atoms with Gasteiger partial charge in [-0.2, -0.15) is 0 Å². The summed E-state index contributed by atoms with van der Waals surface area (Å²) in [5, 5.41) is 5.21. The molecule has 0 saturated carbocycles. The Kier molecular flexibility index (Phi) is 8.18. The van der Waals surface area contributed by atoms with Crippen LogP contribution in [0.3, 0.4) is 0 Å². The van der Waals surface area contributed by atoms with E-state index in [-0.39, 0.29) is 12.3 Å². The molecular formula is C17H21BrN2O4. The van der Waals surface area contributed by atoms with Crippen LogP contribution in [0.25, 0.3) is 0 Å². The van der Waals surface area contributed by atoms with Gasteiger partial charge in [-0.05, 0) is 10.0 Å². The highest BCUT2D eigenvalue weighted by atomic mass is 79.9. The zero-order valence-electron chi connectivity index (χ0n) is 13.7. The number of methoxy groups -OCH3 is 1. The van der Waals surface area contributed by atoms with Crippen molar-refractivity contribution < 1.29 is 19.1 Å². The summed E-state index contributed by atoms with van der Waals surface area (Å²) < 4.78 is 5.24. The number of benzene rings is 1. The molecule has 7 heteroatoms. The molecule has 0 bridgehead atoms. The van der Waals surface area contributed by atoms with Gasteiger partial charge in [-0.15, -0.1) is 0 Å². The van der Waals surface area contributed by atoms with Crippen molar-refractivity contribution in [2.24, 2.45) is 0 Å². The first-order valence-electron chi connectivity index (χ1n) is 7.36. The van der Waals surface area contributed by atoms with Crippen LogP contribution in [0.5, 0.6) is 0 Å². The average molecular weight is 397 g/mol. The van der Waals surface area contributed by atoms with Gasteiger partial charge in [0.2, 0.25) is 11.8 Å². The van der Waals surface area contributed by atoms with Crippen molar-refractivity contribution in [1.29, 1.82) is 0 Å². The summed E-state index contributed by atoms with van der Waals surface area (Å²) >= 11 is 3.17. The fraction of sp³-hybridized carbons (Fsp3) is 0.353. The molecule has 0 radical (unpaired) electrons. The van der Waals surface area contributed by atoms with Crippen LogP contribution >= 0.6 is 15.9 Å². The fourth-order valence-corrected chi connectivity index (χ4v) is 2.46. The Hall–Kier alpha value is -2.15. The van der Waals surface area contributed by atoms with Crippen LogP contribution in [-0.4, -0.2) is 37.0 Å². The molecule has 2 amide bonds. The third kappa shape index (κ3) is 6.95. The molecule has 0 aromatic heterocycles. The lowest BCUT2D eigenvalue weighted by molar-refractivity contribution is -0.145. The maximum absolute atomic E-state index is 12.5. The molecule has 1 aromatic rings.